The van der Waals surface area contributed by atoms with Gasteiger partial charge in [-0.05, 0) is 0 Å². The zero-order valence-corrected chi connectivity index (χ0v) is 11.3. The third-order valence-corrected chi connectivity index (χ3v) is 1.04. The molecule has 0 spiro atoms. The quantitative estimate of drug-likeness (QED) is 0.309. The van der Waals surface area contributed by atoms with Crippen molar-refractivity contribution in [1.82, 2.24) is 10.6 Å². The normalized spacial score (nSPS) is 7.20. The van der Waals surface area contributed by atoms with Gasteiger partial charge >= 0.3 is 19.5 Å². The van der Waals surface area contributed by atoms with Gasteiger partial charge in [0, 0.05) is 0 Å². The van der Waals surface area contributed by atoms with E-state index in [0.717, 1.165) is 0 Å². The van der Waals surface area contributed by atoms with Crippen LogP contribution in [0.2, 0.25) is 0 Å². The molecule has 0 aliphatic rings. The Morgan fingerprint density at radius 2 is 1.40 bits per heavy atom. The molecule has 0 atom stereocenters. The number of hydrogen-bond donors (Lipinski definition) is 2. The molecule has 10 heavy (non-hydrogen) atoms. The minimum absolute atomic E-state index is 0. The van der Waals surface area contributed by atoms with E-state index in [4.69, 9.17) is 0 Å². The van der Waals surface area contributed by atoms with Crippen molar-refractivity contribution in [2.24, 2.45) is 0 Å². The molecule has 0 bridgehead atoms. The minimum atomic E-state index is 0. The molecule has 2 N–H and O–H groups in total. The maximum atomic E-state index is 4.53. The van der Waals surface area contributed by atoms with E-state index >= 15 is 0 Å². The molecular weight excluding hydrogens is 258 g/mol. The Morgan fingerprint density at radius 3 is 1.60 bits per heavy atom. The van der Waals surface area contributed by atoms with Gasteiger partial charge in [-0.25, -0.2) is 0 Å². The number of thiocarbonyl (C=S) groups is 2. The van der Waals surface area contributed by atoms with E-state index in [9.17, 15) is 0 Å². The largest absolute Gasteiger partial charge is 2.00 e. The Labute approximate surface area is 94.5 Å². The average molecular weight is 262 g/mol. The fourth-order valence-corrected chi connectivity index (χ4v) is 0.477. The maximum Gasteiger partial charge on any atom is 2.00 e. The van der Waals surface area contributed by atoms with Crippen LogP contribution in [0.4, 0.5) is 0 Å². The van der Waals surface area contributed by atoms with Crippen molar-refractivity contribution >= 4 is 58.3 Å². The second-order valence-electron chi connectivity index (χ2n) is 1.11. The van der Waals surface area contributed by atoms with Gasteiger partial charge in [0.15, 0.2) is 0 Å². The van der Waals surface area contributed by atoms with Crippen LogP contribution in [0.5, 0.6) is 0 Å². The standard InChI is InChI=1S/C3H6N2S4.Zn/c6-2(7)4-1-5-3(8)9;/h1H2,(H2,4,6,7)(H2,5,8,9);/q;+2/p-2. The van der Waals surface area contributed by atoms with Gasteiger partial charge in [0.05, 0.1) is 6.67 Å². The average Bonchev–Trinajstić information content (AvgIpc) is 1.63. The molecule has 7 heteroatoms. The molecule has 0 aromatic carbocycles. The second kappa shape index (κ2) is 7.94. The van der Waals surface area contributed by atoms with Crippen LogP contribution < -0.4 is 10.6 Å². The van der Waals surface area contributed by atoms with E-state index in [1.165, 1.54) is 0 Å². The van der Waals surface area contributed by atoms with E-state index in [0.29, 0.717) is 15.3 Å². The van der Waals surface area contributed by atoms with Crippen molar-refractivity contribution in [1.29, 1.82) is 0 Å². The molecule has 2 nitrogen and oxygen atoms in total. The molecule has 0 heterocycles. The predicted molar refractivity (Wildman–Crippen MR) is 51.1 cm³/mol. The fraction of sp³-hybridized carbons (Fsp3) is 0.333. The Bertz CT molecular complexity index is 114. The third-order valence-electron chi connectivity index (χ3n) is 0.465. The smallest absolute Gasteiger partial charge is 0.412 e. The van der Waals surface area contributed by atoms with Crippen molar-refractivity contribution in [3.63, 3.8) is 0 Å². The van der Waals surface area contributed by atoms with Crippen molar-refractivity contribution in [2.45, 2.75) is 0 Å². The number of nitrogens with one attached hydrogen (secondary N) is 2. The summed E-state index contributed by atoms with van der Waals surface area (Å²) in [5.74, 6) is 0. The Hall–Kier alpha value is 0.843. The first-order chi connectivity index (χ1) is 4.13. The van der Waals surface area contributed by atoms with Crippen LogP contribution in [0.3, 0.4) is 0 Å². The zero-order valence-electron chi connectivity index (χ0n) is 5.05. The molecule has 52 valence electrons. The molecule has 0 aliphatic heterocycles. The van der Waals surface area contributed by atoms with Crippen molar-refractivity contribution in [3.05, 3.63) is 0 Å². The van der Waals surface area contributed by atoms with Gasteiger partial charge in [-0.15, -0.1) is 0 Å². The zero-order chi connectivity index (χ0) is 7.28. The minimum Gasteiger partial charge on any atom is -0.412 e. The molecule has 0 aliphatic carbocycles. The molecule has 0 rings (SSSR count). The summed E-state index contributed by atoms with van der Waals surface area (Å²) in [6, 6.07) is 0. The first-order valence-electron chi connectivity index (χ1n) is 2.02. The summed E-state index contributed by atoms with van der Waals surface area (Å²) in [7, 11) is 0. The fourth-order valence-electron chi connectivity index (χ4n) is 0.189. The second-order valence-corrected chi connectivity index (χ2v) is 3.26. The molecule has 0 amide bonds. The van der Waals surface area contributed by atoms with E-state index in [1.807, 2.05) is 0 Å². The summed E-state index contributed by atoms with van der Waals surface area (Å²) in [5.41, 5.74) is 0. The Balaban J connectivity index is 0. The van der Waals surface area contributed by atoms with Crippen LogP contribution in [-0.2, 0) is 44.7 Å². The van der Waals surface area contributed by atoms with Crippen LogP contribution in [0, 0.1) is 0 Å². The van der Waals surface area contributed by atoms with E-state index < -0.39 is 0 Å². The van der Waals surface area contributed by atoms with E-state index in [2.05, 4.69) is 60.3 Å². The van der Waals surface area contributed by atoms with Gasteiger partial charge in [0.25, 0.3) is 0 Å². The van der Waals surface area contributed by atoms with E-state index in [-0.39, 0.29) is 19.5 Å². The van der Waals surface area contributed by atoms with Crippen LogP contribution in [0.15, 0.2) is 0 Å². The number of rotatable bonds is 2. The SMILES string of the molecule is S=C([S-])NCNC(=S)[S-].[Zn+2]. The van der Waals surface area contributed by atoms with Crippen molar-refractivity contribution in [3.8, 4) is 0 Å². The molecule has 0 aromatic heterocycles. The number of hydrogen-bond acceptors (Lipinski definition) is 4. The Kier molecular flexibility index (Phi) is 10.7. The molecule has 0 unspecified atom stereocenters. The van der Waals surface area contributed by atoms with Gasteiger partial charge in [-0.3, -0.25) is 0 Å². The summed E-state index contributed by atoms with van der Waals surface area (Å²) in [6.45, 7) is 0.421. The van der Waals surface area contributed by atoms with Gasteiger partial charge in [0.2, 0.25) is 0 Å². The van der Waals surface area contributed by atoms with Crippen LogP contribution in [0.1, 0.15) is 0 Å². The predicted octanol–water partition coefficient (Wildman–Crippen LogP) is -0.216. The summed E-state index contributed by atoms with van der Waals surface area (Å²) in [4.78, 5) is 0. The van der Waals surface area contributed by atoms with Gasteiger partial charge in [-0.1, -0.05) is 8.64 Å². The first-order valence-corrected chi connectivity index (χ1v) is 3.66. The van der Waals surface area contributed by atoms with Gasteiger partial charge in [0.1, 0.15) is 0 Å². The van der Waals surface area contributed by atoms with Crippen molar-refractivity contribution < 1.29 is 19.5 Å². The monoisotopic (exact) mass is 260 g/mol. The van der Waals surface area contributed by atoms with Crippen LogP contribution in [-0.4, -0.2) is 15.3 Å². The summed E-state index contributed by atoms with van der Waals surface area (Å²) >= 11 is 18.1. The molecular formula is C3H4N2S4Zn. The van der Waals surface area contributed by atoms with Crippen molar-refractivity contribution in [2.75, 3.05) is 6.67 Å². The van der Waals surface area contributed by atoms with Crippen LogP contribution in [0.25, 0.3) is 0 Å². The Morgan fingerprint density at radius 1 is 1.10 bits per heavy atom. The summed E-state index contributed by atoms with van der Waals surface area (Å²) < 4.78 is 0.627. The van der Waals surface area contributed by atoms with Crippen LogP contribution >= 0.6 is 24.4 Å². The molecule has 0 radical (unpaired) electrons. The topological polar surface area (TPSA) is 24.1 Å². The molecule has 0 fully saturated rings. The third kappa shape index (κ3) is 11.6. The van der Waals surface area contributed by atoms with Gasteiger partial charge < -0.3 is 60.3 Å². The summed E-state index contributed by atoms with van der Waals surface area (Å²) in [5, 5.41) is 5.32. The molecule has 0 saturated heterocycles. The molecule has 0 aromatic rings. The maximum absolute atomic E-state index is 4.53. The molecule has 0 saturated carbocycles. The van der Waals surface area contributed by atoms with Gasteiger partial charge in [-0.2, -0.15) is 0 Å². The first kappa shape index (κ1) is 13.4. The summed E-state index contributed by atoms with van der Waals surface area (Å²) in [6.07, 6.45) is 0. The van der Waals surface area contributed by atoms with E-state index in [1.54, 1.807) is 0 Å².